The monoisotopic (exact) mass is 212 g/mol. The molecule has 1 aromatic carbocycles. The molecule has 1 N–H and O–H groups in total. The SMILES string of the molecule is CCCCOc1cc(F)cc(CCO)c1. The Balaban J connectivity index is 2.62. The topological polar surface area (TPSA) is 29.5 Å². The maximum Gasteiger partial charge on any atom is 0.127 e. The van der Waals surface area contributed by atoms with Gasteiger partial charge in [-0.2, -0.15) is 0 Å². The summed E-state index contributed by atoms with van der Waals surface area (Å²) in [5.41, 5.74) is 0.768. The molecule has 0 aliphatic carbocycles. The molecule has 0 heterocycles. The van der Waals surface area contributed by atoms with Crippen LogP contribution in [0.3, 0.4) is 0 Å². The van der Waals surface area contributed by atoms with Crippen molar-refractivity contribution in [2.24, 2.45) is 0 Å². The molecule has 0 unspecified atom stereocenters. The highest BCUT2D eigenvalue weighted by Crippen LogP contribution is 2.17. The summed E-state index contributed by atoms with van der Waals surface area (Å²) in [7, 11) is 0. The predicted octanol–water partition coefficient (Wildman–Crippen LogP) is 2.54. The molecule has 0 amide bonds. The summed E-state index contributed by atoms with van der Waals surface area (Å²) < 4.78 is 18.5. The molecular weight excluding hydrogens is 195 g/mol. The molecule has 0 bridgehead atoms. The molecule has 0 atom stereocenters. The first-order chi connectivity index (χ1) is 7.26. The molecule has 2 nitrogen and oxygen atoms in total. The van der Waals surface area contributed by atoms with Crippen LogP contribution >= 0.6 is 0 Å². The Morgan fingerprint density at radius 3 is 2.80 bits per heavy atom. The number of aliphatic hydroxyl groups excluding tert-OH is 1. The van der Waals surface area contributed by atoms with Crippen molar-refractivity contribution < 1.29 is 14.2 Å². The lowest BCUT2D eigenvalue weighted by Crippen LogP contribution is -1.99. The second-order valence-electron chi connectivity index (χ2n) is 3.47. The molecule has 1 rings (SSSR count). The van der Waals surface area contributed by atoms with Gasteiger partial charge in [0.15, 0.2) is 0 Å². The smallest absolute Gasteiger partial charge is 0.127 e. The second kappa shape index (κ2) is 6.40. The van der Waals surface area contributed by atoms with Gasteiger partial charge in [-0.25, -0.2) is 4.39 Å². The highest BCUT2D eigenvalue weighted by atomic mass is 19.1. The van der Waals surface area contributed by atoms with E-state index >= 15 is 0 Å². The first-order valence-corrected chi connectivity index (χ1v) is 5.29. The fraction of sp³-hybridized carbons (Fsp3) is 0.500. The summed E-state index contributed by atoms with van der Waals surface area (Å²) in [6.45, 7) is 2.71. The highest BCUT2D eigenvalue weighted by molar-refractivity contribution is 5.29. The van der Waals surface area contributed by atoms with E-state index in [4.69, 9.17) is 9.84 Å². The third-order valence-corrected chi connectivity index (χ3v) is 2.10. The molecular formula is C12H17FO2. The summed E-state index contributed by atoms with van der Waals surface area (Å²) in [4.78, 5) is 0. The summed E-state index contributed by atoms with van der Waals surface area (Å²) in [6.07, 6.45) is 2.48. The quantitative estimate of drug-likeness (QED) is 0.734. The highest BCUT2D eigenvalue weighted by Gasteiger charge is 2.01. The molecule has 0 radical (unpaired) electrons. The summed E-state index contributed by atoms with van der Waals surface area (Å²) in [5.74, 6) is 0.236. The Morgan fingerprint density at radius 2 is 2.13 bits per heavy atom. The van der Waals surface area contributed by atoms with E-state index in [2.05, 4.69) is 6.92 Å². The number of rotatable bonds is 6. The first kappa shape index (κ1) is 12.0. The van der Waals surface area contributed by atoms with Gasteiger partial charge in [0.25, 0.3) is 0 Å². The van der Waals surface area contributed by atoms with Crippen molar-refractivity contribution >= 4 is 0 Å². The lowest BCUT2D eigenvalue weighted by atomic mass is 10.1. The maximum absolute atomic E-state index is 13.1. The van der Waals surface area contributed by atoms with Crippen molar-refractivity contribution in [2.75, 3.05) is 13.2 Å². The minimum absolute atomic E-state index is 0.0256. The van der Waals surface area contributed by atoms with E-state index in [-0.39, 0.29) is 12.4 Å². The van der Waals surface area contributed by atoms with E-state index in [1.54, 1.807) is 6.07 Å². The molecule has 0 saturated heterocycles. The molecule has 15 heavy (non-hydrogen) atoms. The van der Waals surface area contributed by atoms with Crippen LogP contribution in [0.2, 0.25) is 0 Å². The predicted molar refractivity (Wildman–Crippen MR) is 57.6 cm³/mol. The van der Waals surface area contributed by atoms with E-state index in [1.165, 1.54) is 12.1 Å². The van der Waals surface area contributed by atoms with E-state index < -0.39 is 0 Å². The minimum Gasteiger partial charge on any atom is -0.493 e. The molecule has 0 aromatic heterocycles. The standard InChI is InChI=1S/C12H17FO2/c1-2-3-6-15-12-8-10(4-5-14)7-11(13)9-12/h7-9,14H,2-6H2,1H3. The van der Waals surface area contributed by atoms with Gasteiger partial charge >= 0.3 is 0 Å². The Kier molecular flexibility index (Phi) is 5.12. The van der Waals surface area contributed by atoms with Crippen molar-refractivity contribution in [2.45, 2.75) is 26.2 Å². The summed E-state index contributed by atoms with van der Waals surface area (Å²) in [5, 5.41) is 8.75. The Bertz CT molecular complexity index is 300. The van der Waals surface area contributed by atoms with Crippen LogP contribution in [0, 0.1) is 5.82 Å². The average molecular weight is 212 g/mol. The normalized spacial score (nSPS) is 10.3. The van der Waals surface area contributed by atoms with Crippen LogP contribution in [0.1, 0.15) is 25.3 Å². The van der Waals surface area contributed by atoms with Crippen LogP contribution in [0.4, 0.5) is 4.39 Å². The fourth-order valence-electron chi connectivity index (χ4n) is 1.31. The van der Waals surface area contributed by atoms with Crippen LogP contribution in [0.15, 0.2) is 18.2 Å². The zero-order valence-corrected chi connectivity index (χ0v) is 9.00. The van der Waals surface area contributed by atoms with Gasteiger partial charge in [0.1, 0.15) is 11.6 Å². The first-order valence-electron chi connectivity index (χ1n) is 5.29. The third kappa shape index (κ3) is 4.30. The fourth-order valence-corrected chi connectivity index (χ4v) is 1.31. The molecule has 0 aliphatic rings. The lowest BCUT2D eigenvalue weighted by molar-refractivity contribution is 0.296. The molecule has 84 valence electrons. The molecule has 0 spiro atoms. The Hall–Kier alpha value is -1.09. The van der Waals surface area contributed by atoms with Crippen molar-refractivity contribution in [3.63, 3.8) is 0 Å². The third-order valence-electron chi connectivity index (χ3n) is 2.10. The molecule has 3 heteroatoms. The van der Waals surface area contributed by atoms with E-state index in [1.807, 2.05) is 0 Å². The number of halogens is 1. The van der Waals surface area contributed by atoms with E-state index in [0.29, 0.717) is 18.8 Å². The molecule has 0 aliphatic heterocycles. The Labute approximate surface area is 89.7 Å². The lowest BCUT2D eigenvalue weighted by Gasteiger charge is -2.07. The van der Waals surface area contributed by atoms with Gasteiger partial charge in [-0.1, -0.05) is 13.3 Å². The van der Waals surface area contributed by atoms with Crippen LogP contribution in [-0.4, -0.2) is 18.3 Å². The second-order valence-corrected chi connectivity index (χ2v) is 3.47. The van der Waals surface area contributed by atoms with Crippen molar-refractivity contribution in [1.82, 2.24) is 0 Å². The van der Waals surface area contributed by atoms with Crippen molar-refractivity contribution in [1.29, 1.82) is 0 Å². The van der Waals surface area contributed by atoms with Gasteiger partial charge in [-0.15, -0.1) is 0 Å². The van der Waals surface area contributed by atoms with Crippen LogP contribution in [0.25, 0.3) is 0 Å². The number of benzene rings is 1. The van der Waals surface area contributed by atoms with Gasteiger partial charge in [-0.3, -0.25) is 0 Å². The largest absolute Gasteiger partial charge is 0.493 e. The number of aliphatic hydroxyl groups is 1. The van der Waals surface area contributed by atoms with Gasteiger partial charge in [0.05, 0.1) is 6.61 Å². The van der Waals surface area contributed by atoms with Gasteiger partial charge < -0.3 is 9.84 Å². The van der Waals surface area contributed by atoms with Crippen molar-refractivity contribution in [3.05, 3.63) is 29.6 Å². The summed E-state index contributed by atoms with van der Waals surface area (Å²) >= 11 is 0. The van der Waals surface area contributed by atoms with Crippen LogP contribution in [-0.2, 0) is 6.42 Å². The van der Waals surface area contributed by atoms with Gasteiger partial charge in [-0.05, 0) is 30.5 Å². The molecule has 0 saturated carbocycles. The van der Waals surface area contributed by atoms with Gasteiger partial charge in [0.2, 0.25) is 0 Å². The summed E-state index contributed by atoms with van der Waals surface area (Å²) in [6, 6.07) is 4.56. The molecule has 1 aromatic rings. The average Bonchev–Trinajstić information content (AvgIpc) is 2.18. The van der Waals surface area contributed by atoms with E-state index in [0.717, 1.165) is 18.4 Å². The van der Waals surface area contributed by atoms with E-state index in [9.17, 15) is 4.39 Å². The molecule has 0 fully saturated rings. The van der Waals surface area contributed by atoms with Gasteiger partial charge in [0, 0.05) is 12.7 Å². The number of unbranched alkanes of at least 4 members (excludes halogenated alkanes) is 1. The zero-order chi connectivity index (χ0) is 11.1. The number of hydrogen-bond donors (Lipinski definition) is 1. The Morgan fingerprint density at radius 1 is 1.33 bits per heavy atom. The van der Waals surface area contributed by atoms with Crippen LogP contribution in [0.5, 0.6) is 5.75 Å². The zero-order valence-electron chi connectivity index (χ0n) is 9.00. The van der Waals surface area contributed by atoms with Crippen molar-refractivity contribution in [3.8, 4) is 5.75 Å². The maximum atomic E-state index is 13.1. The minimum atomic E-state index is -0.313. The number of hydrogen-bond acceptors (Lipinski definition) is 2. The van der Waals surface area contributed by atoms with Crippen LogP contribution < -0.4 is 4.74 Å². The number of ether oxygens (including phenoxy) is 1.